The summed E-state index contributed by atoms with van der Waals surface area (Å²) in [5.41, 5.74) is 3.62. The third-order valence-corrected chi connectivity index (χ3v) is 4.16. The summed E-state index contributed by atoms with van der Waals surface area (Å²) >= 11 is 0. The van der Waals surface area contributed by atoms with Gasteiger partial charge in [-0.2, -0.15) is 0 Å². The van der Waals surface area contributed by atoms with Gasteiger partial charge in [-0.3, -0.25) is 4.79 Å². The van der Waals surface area contributed by atoms with Gasteiger partial charge in [-0.05, 0) is 54.3 Å². The predicted octanol–water partition coefficient (Wildman–Crippen LogP) is 2.00. The molecule has 0 atom stereocenters. The lowest BCUT2D eigenvalue weighted by molar-refractivity contribution is -0.123. The first kappa shape index (κ1) is 13.3. The molecule has 0 spiro atoms. The Kier molecular flexibility index (Phi) is 3.27. The number of fused-ring (bicyclic) bond motifs is 2. The van der Waals surface area contributed by atoms with Crippen molar-refractivity contribution in [3.8, 4) is 5.75 Å². The molecule has 1 amide bonds. The molecule has 2 aliphatic rings. The highest BCUT2D eigenvalue weighted by atomic mass is 16.7. The number of hydroxylamine groups is 1. The summed E-state index contributed by atoms with van der Waals surface area (Å²) in [6, 6.07) is 9.89. The van der Waals surface area contributed by atoms with Crippen LogP contribution < -0.4 is 15.2 Å². The number of hydrogen-bond donors (Lipinski definition) is 1. The summed E-state index contributed by atoms with van der Waals surface area (Å²) in [6.07, 6.45) is 3.88. The van der Waals surface area contributed by atoms with Crippen molar-refractivity contribution in [2.24, 2.45) is 0 Å². The number of carbonyl (C=O) groups excluding carboxylic acids is 1. The molecule has 5 nitrogen and oxygen atoms in total. The standard InChI is InChI=1S/C17H17N3O2/c21-16-6-4-13-2-1-8-19-17(13)20(16)22-15-5-3-12-7-9-18-11-14(12)10-15/h1-3,5,8,10,18H,4,6-7,9,11H2. The number of hydrogen-bond acceptors (Lipinski definition) is 4. The van der Waals surface area contributed by atoms with Gasteiger partial charge in [0.25, 0.3) is 5.91 Å². The minimum atomic E-state index is -0.0537. The second kappa shape index (κ2) is 5.42. The van der Waals surface area contributed by atoms with E-state index >= 15 is 0 Å². The molecule has 2 aliphatic heterocycles. The number of aromatic nitrogens is 1. The smallest absolute Gasteiger partial charge is 0.262 e. The fourth-order valence-electron chi connectivity index (χ4n) is 2.98. The number of rotatable bonds is 2. The Morgan fingerprint density at radius 2 is 2.05 bits per heavy atom. The fourth-order valence-corrected chi connectivity index (χ4v) is 2.98. The van der Waals surface area contributed by atoms with Crippen LogP contribution >= 0.6 is 0 Å². The number of anilines is 1. The zero-order valence-electron chi connectivity index (χ0n) is 12.2. The van der Waals surface area contributed by atoms with Crippen molar-refractivity contribution in [3.05, 3.63) is 53.2 Å². The summed E-state index contributed by atoms with van der Waals surface area (Å²) < 4.78 is 0. The number of nitrogens with zero attached hydrogens (tertiary/aromatic N) is 2. The highest BCUT2D eigenvalue weighted by molar-refractivity contribution is 5.93. The van der Waals surface area contributed by atoms with E-state index in [9.17, 15) is 4.79 Å². The molecule has 0 saturated carbocycles. The van der Waals surface area contributed by atoms with Crippen molar-refractivity contribution in [3.63, 3.8) is 0 Å². The molecule has 1 aromatic carbocycles. The van der Waals surface area contributed by atoms with Gasteiger partial charge < -0.3 is 10.2 Å². The van der Waals surface area contributed by atoms with Gasteiger partial charge in [0, 0.05) is 19.2 Å². The van der Waals surface area contributed by atoms with Crippen molar-refractivity contribution in [2.45, 2.75) is 25.8 Å². The van der Waals surface area contributed by atoms with E-state index in [2.05, 4.69) is 16.4 Å². The van der Waals surface area contributed by atoms with E-state index in [0.29, 0.717) is 18.0 Å². The number of nitrogens with one attached hydrogen (secondary N) is 1. The zero-order valence-corrected chi connectivity index (χ0v) is 12.2. The SMILES string of the molecule is O=C1CCc2cccnc2N1Oc1ccc2c(c1)CNCC2. The van der Waals surface area contributed by atoms with Crippen LogP contribution in [0, 0.1) is 0 Å². The molecular formula is C17H17N3O2. The molecule has 0 unspecified atom stereocenters. The number of aryl methyl sites for hydroxylation is 1. The lowest BCUT2D eigenvalue weighted by atomic mass is 10.0. The quantitative estimate of drug-likeness (QED) is 0.920. The number of pyridine rings is 1. The molecule has 0 radical (unpaired) electrons. The molecule has 3 heterocycles. The average molecular weight is 295 g/mol. The van der Waals surface area contributed by atoms with Crippen molar-refractivity contribution < 1.29 is 9.63 Å². The largest absolute Gasteiger partial charge is 0.370 e. The predicted molar refractivity (Wildman–Crippen MR) is 82.5 cm³/mol. The Bertz CT molecular complexity index is 730. The van der Waals surface area contributed by atoms with E-state index in [-0.39, 0.29) is 5.91 Å². The van der Waals surface area contributed by atoms with Crippen molar-refractivity contribution >= 4 is 11.7 Å². The first-order valence-corrected chi connectivity index (χ1v) is 7.58. The Morgan fingerprint density at radius 1 is 1.09 bits per heavy atom. The second-order valence-corrected chi connectivity index (χ2v) is 5.62. The number of amides is 1. The van der Waals surface area contributed by atoms with Crippen LogP contribution in [0.2, 0.25) is 0 Å². The van der Waals surface area contributed by atoms with Crippen LogP contribution in [0.4, 0.5) is 5.82 Å². The van der Waals surface area contributed by atoms with Crippen molar-refractivity contribution in [1.82, 2.24) is 10.3 Å². The molecule has 5 heteroatoms. The fraction of sp³-hybridized carbons (Fsp3) is 0.294. The van der Waals surface area contributed by atoms with Gasteiger partial charge in [0.2, 0.25) is 0 Å². The number of benzene rings is 1. The lowest BCUT2D eigenvalue weighted by Crippen LogP contribution is -2.38. The number of carbonyl (C=O) groups is 1. The normalized spacial score (nSPS) is 16.9. The van der Waals surface area contributed by atoms with E-state index in [0.717, 1.165) is 31.5 Å². The van der Waals surface area contributed by atoms with Gasteiger partial charge in [0.05, 0.1) is 0 Å². The van der Waals surface area contributed by atoms with Gasteiger partial charge in [-0.15, -0.1) is 5.06 Å². The summed E-state index contributed by atoms with van der Waals surface area (Å²) in [7, 11) is 0. The van der Waals surface area contributed by atoms with Crippen molar-refractivity contribution in [2.75, 3.05) is 11.6 Å². The van der Waals surface area contributed by atoms with Gasteiger partial charge in [0.15, 0.2) is 11.6 Å². The van der Waals surface area contributed by atoms with E-state index in [1.54, 1.807) is 6.20 Å². The van der Waals surface area contributed by atoms with E-state index in [1.165, 1.54) is 16.2 Å². The van der Waals surface area contributed by atoms with Crippen LogP contribution in [-0.2, 0) is 24.2 Å². The van der Waals surface area contributed by atoms with E-state index in [4.69, 9.17) is 4.84 Å². The maximum absolute atomic E-state index is 12.2. The van der Waals surface area contributed by atoms with Crippen molar-refractivity contribution in [1.29, 1.82) is 0 Å². The van der Waals surface area contributed by atoms with Crippen LogP contribution in [0.5, 0.6) is 5.75 Å². The molecule has 1 N–H and O–H groups in total. The topological polar surface area (TPSA) is 54.5 Å². The van der Waals surface area contributed by atoms with Crippen LogP contribution in [0.3, 0.4) is 0 Å². The molecule has 112 valence electrons. The van der Waals surface area contributed by atoms with E-state index < -0.39 is 0 Å². The molecule has 0 fully saturated rings. The van der Waals surface area contributed by atoms with Crippen LogP contribution in [0.15, 0.2) is 36.5 Å². The Labute approximate surface area is 128 Å². The minimum Gasteiger partial charge on any atom is -0.370 e. The van der Waals surface area contributed by atoms with Gasteiger partial charge in [-0.25, -0.2) is 4.98 Å². The summed E-state index contributed by atoms with van der Waals surface area (Å²) in [5.74, 6) is 1.23. The molecule has 0 saturated heterocycles. The van der Waals surface area contributed by atoms with Crippen LogP contribution in [0.1, 0.15) is 23.1 Å². The third kappa shape index (κ3) is 2.33. The summed E-state index contributed by atoms with van der Waals surface area (Å²) in [6.45, 7) is 1.85. The average Bonchev–Trinajstić information content (AvgIpc) is 2.57. The van der Waals surface area contributed by atoms with Gasteiger partial charge in [0.1, 0.15) is 0 Å². The van der Waals surface area contributed by atoms with Crippen LogP contribution in [-0.4, -0.2) is 17.4 Å². The molecule has 0 bridgehead atoms. The van der Waals surface area contributed by atoms with E-state index in [1.807, 2.05) is 24.3 Å². The monoisotopic (exact) mass is 295 g/mol. The Hall–Kier alpha value is -2.40. The third-order valence-electron chi connectivity index (χ3n) is 4.16. The van der Waals surface area contributed by atoms with Gasteiger partial charge in [-0.1, -0.05) is 12.1 Å². The van der Waals surface area contributed by atoms with Crippen LogP contribution in [0.25, 0.3) is 0 Å². The highest BCUT2D eigenvalue weighted by Crippen LogP contribution is 2.28. The highest BCUT2D eigenvalue weighted by Gasteiger charge is 2.27. The molecular weight excluding hydrogens is 278 g/mol. The zero-order chi connectivity index (χ0) is 14.9. The summed E-state index contributed by atoms with van der Waals surface area (Å²) in [5, 5.41) is 4.68. The molecule has 0 aliphatic carbocycles. The lowest BCUT2D eigenvalue weighted by Gasteiger charge is -2.27. The molecule has 2 aromatic rings. The Balaban J connectivity index is 1.64. The first-order valence-electron chi connectivity index (χ1n) is 7.58. The minimum absolute atomic E-state index is 0.0537. The maximum Gasteiger partial charge on any atom is 0.262 e. The van der Waals surface area contributed by atoms with Gasteiger partial charge >= 0.3 is 0 Å². The molecule has 1 aromatic heterocycles. The maximum atomic E-state index is 12.2. The summed E-state index contributed by atoms with van der Waals surface area (Å²) in [4.78, 5) is 22.4. The molecule has 22 heavy (non-hydrogen) atoms. The first-order chi connectivity index (χ1) is 10.8. The Morgan fingerprint density at radius 3 is 3.00 bits per heavy atom. The molecule has 4 rings (SSSR count). The second-order valence-electron chi connectivity index (χ2n) is 5.62.